The fourth-order valence-electron chi connectivity index (χ4n) is 1.97. The molecule has 1 fully saturated rings. The van der Waals surface area contributed by atoms with Gasteiger partial charge in [0.1, 0.15) is 24.3 Å². The summed E-state index contributed by atoms with van der Waals surface area (Å²) in [6.07, 6.45) is -0.0337. The highest BCUT2D eigenvalue weighted by Gasteiger charge is 2.20. The molecule has 0 aromatic heterocycles. The van der Waals surface area contributed by atoms with E-state index in [0.29, 0.717) is 25.5 Å². The van der Waals surface area contributed by atoms with Crippen molar-refractivity contribution in [2.75, 3.05) is 39.5 Å². The lowest BCUT2D eigenvalue weighted by Gasteiger charge is -2.32. The summed E-state index contributed by atoms with van der Waals surface area (Å²) in [4.78, 5) is 2.13. The molecule has 4 nitrogen and oxygen atoms in total. The monoisotopic (exact) mass is 255 g/mol. The van der Waals surface area contributed by atoms with Crippen molar-refractivity contribution in [1.29, 1.82) is 0 Å². The normalized spacial score (nSPS) is 20.9. The Morgan fingerprint density at radius 3 is 3.17 bits per heavy atom. The summed E-state index contributed by atoms with van der Waals surface area (Å²) in [6, 6.07) is 6.07. The first-order valence-electron chi connectivity index (χ1n) is 6.11. The number of β-amino-alcohol motifs (C(OH)–C–C–N with tert-alkyl or cyclic N) is 1. The van der Waals surface area contributed by atoms with Gasteiger partial charge in [-0.25, -0.2) is 4.39 Å². The summed E-state index contributed by atoms with van der Waals surface area (Å²) < 4.78 is 24.0. The first-order chi connectivity index (χ1) is 8.78. The number of aliphatic hydroxyl groups excluding tert-OH is 1. The maximum atomic E-state index is 12.9. The average molecular weight is 255 g/mol. The fourth-order valence-corrected chi connectivity index (χ4v) is 1.97. The number of nitrogens with zero attached hydrogens (tertiary/aromatic N) is 1. The zero-order valence-corrected chi connectivity index (χ0v) is 10.2. The van der Waals surface area contributed by atoms with Gasteiger partial charge in [-0.3, -0.25) is 4.90 Å². The van der Waals surface area contributed by atoms with Crippen molar-refractivity contribution in [2.45, 2.75) is 6.10 Å². The van der Waals surface area contributed by atoms with Crippen molar-refractivity contribution in [3.8, 4) is 5.75 Å². The molecule has 0 spiro atoms. The molecule has 1 aromatic rings. The lowest BCUT2D eigenvalue weighted by molar-refractivity contribution is -0.0508. The largest absolute Gasteiger partial charge is 0.491 e. The number of hydrogen-bond donors (Lipinski definition) is 1. The second kappa shape index (κ2) is 6.68. The molecule has 1 N–H and O–H groups in total. The standard InChI is InChI=1S/C13H18FNO3/c14-11-2-1-3-12(8-11)18-10-13-9-15(4-6-16)5-7-17-13/h1-3,8,13,16H,4-7,9-10H2/t13-/m0/s1. The maximum Gasteiger partial charge on any atom is 0.126 e. The summed E-state index contributed by atoms with van der Waals surface area (Å²) in [6.45, 7) is 3.40. The first-order valence-corrected chi connectivity index (χ1v) is 6.11. The summed E-state index contributed by atoms with van der Waals surface area (Å²) >= 11 is 0. The minimum atomic E-state index is -0.307. The molecular formula is C13H18FNO3. The van der Waals surface area contributed by atoms with Crippen LogP contribution in [0.1, 0.15) is 0 Å². The molecule has 0 amide bonds. The van der Waals surface area contributed by atoms with E-state index in [4.69, 9.17) is 14.6 Å². The van der Waals surface area contributed by atoms with Gasteiger partial charge in [-0.15, -0.1) is 0 Å². The molecule has 5 heteroatoms. The van der Waals surface area contributed by atoms with Crippen molar-refractivity contribution in [3.63, 3.8) is 0 Å². The van der Waals surface area contributed by atoms with E-state index in [1.165, 1.54) is 12.1 Å². The third-order valence-corrected chi connectivity index (χ3v) is 2.87. The number of halogens is 1. The van der Waals surface area contributed by atoms with Gasteiger partial charge in [0.25, 0.3) is 0 Å². The lowest BCUT2D eigenvalue weighted by Crippen LogP contribution is -2.45. The van der Waals surface area contributed by atoms with Gasteiger partial charge in [-0.1, -0.05) is 6.07 Å². The minimum Gasteiger partial charge on any atom is -0.491 e. The van der Waals surface area contributed by atoms with Crippen molar-refractivity contribution in [3.05, 3.63) is 30.1 Å². The topological polar surface area (TPSA) is 41.9 Å². The average Bonchev–Trinajstić information content (AvgIpc) is 2.37. The van der Waals surface area contributed by atoms with Crippen molar-refractivity contribution < 1.29 is 19.0 Å². The smallest absolute Gasteiger partial charge is 0.126 e. The first kappa shape index (κ1) is 13.3. The number of aliphatic hydroxyl groups is 1. The van der Waals surface area contributed by atoms with Crippen molar-refractivity contribution in [1.82, 2.24) is 4.90 Å². The Hall–Kier alpha value is -1.17. The molecule has 100 valence electrons. The van der Waals surface area contributed by atoms with Crippen LogP contribution < -0.4 is 4.74 Å². The molecule has 1 saturated heterocycles. The summed E-state index contributed by atoms with van der Waals surface area (Å²) in [5.74, 6) is 0.205. The van der Waals surface area contributed by atoms with Crippen LogP contribution in [-0.2, 0) is 4.74 Å². The second-order valence-electron chi connectivity index (χ2n) is 4.29. The maximum absolute atomic E-state index is 12.9. The van der Waals surface area contributed by atoms with Crippen LogP contribution in [0.25, 0.3) is 0 Å². The van der Waals surface area contributed by atoms with E-state index in [1.807, 2.05) is 0 Å². The number of ether oxygens (including phenoxy) is 2. The van der Waals surface area contributed by atoms with Crippen LogP contribution in [0.3, 0.4) is 0 Å². The zero-order chi connectivity index (χ0) is 12.8. The van der Waals surface area contributed by atoms with Gasteiger partial charge in [0.15, 0.2) is 0 Å². The van der Waals surface area contributed by atoms with Gasteiger partial charge < -0.3 is 14.6 Å². The summed E-state index contributed by atoms with van der Waals surface area (Å²) in [5.41, 5.74) is 0. The van der Waals surface area contributed by atoms with Crippen LogP contribution >= 0.6 is 0 Å². The van der Waals surface area contributed by atoms with Crippen LogP contribution in [0, 0.1) is 5.82 Å². The molecule has 1 atom stereocenters. The molecule has 0 unspecified atom stereocenters. The Balaban J connectivity index is 1.79. The molecule has 1 aromatic carbocycles. The number of hydrogen-bond acceptors (Lipinski definition) is 4. The molecule has 1 heterocycles. The van der Waals surface area contributed by atoms with E-state index in [1.54, 1.807) is 12.1 Å². The SMILES string of the molecule is OCCN1CCO[C@H](COc2cccc(F)c2)C1. The molecule has 1 aliphatic heterocycles. The molecule has 0 saturated carbocycles. The molecule has 0 radical (unpaired) electrons. The van der Waals surface area contributed by atoms with E-state index in [2.05, 4.69) is 4.90 Å². The van der Waals surface area contributed by atoms with Crippen molar-refractivity contribution >= 4 is 0 Å². The van der Waals surface area contributed by atoms with Crippen LogP contribution in [0.15, 0.2) is 24.3 Å². The van der Waals surface area contributed by atoms with Gasteiger partial charge in [-0.05, 0) is 12.1 Å². The number of rotatable bonds is 5. The zero-order valence-electron chi connectivity index (χ0n) is 10.2. The van der Waals surface area contributed by atoms with Crippen LogP contribution in [-0.4, -0.2) is 55.6 Å². The van der Waals surface area contributed by atoms with Crippen molar-refractivity contribution in [2.24, 2.45) is 0 Å². The van der Waals surface area contributed by atoms with Gasteiger partial charge in [0.05, 0.1) is 13.2 Å². The second-order valence-corrected chi connectivity index (χ2v) is 4.29. The van der Waals surface area contributed by atoms with Gasteiger partial charge in [0.2, 0.25) is 0 Å². The summed E-state index contributed by atoms with van der Waals surface area (Å²) in [7, 11) is 0. The fraction of sp³-hybridized carbons (Fsp3) is 0.538. The number of morpholine rings is 1. The van der Waals surface area contributed by atoms with E-state index >= 15 is 0 Å². The number of benzene rings is 1. The third-order valence-electron chi connectivity index (χ3n) is 2.87. The van der Waals surface area contributed by atoms with Gasteiger partial charge in [0, 0.05) is 25.7 Å². The Labute approximate surface area is 106 Å². The van der Waals surface area contributed by atoms with E-state index in [9.17, 15) is 4.39 Å². The molecule has 2 rings (SSSR count). The predicted octanol–water partition coefficient (Wildman–Crippen LogP) is 0.898. The molecule has 0 bridgehead atoms. The molecule has 1 aliphatic rings. The highest BCUT2D eigenvalue weighted by molar-refractivity contribution is 5.22. The predicted molar refractivity (Wildman–Crippen MR) is 65.2 cm³/mol. The Bertz CT molecular complexity index is 373. The van der Waals surface area contributed by atoms with Gasteiger partial charge >= 0.3 is 0 Å². The minimum absolute atomic E-state index is 0.0337. The van der Waals surface area contributed by atoms with E-state index < -0.39 is 0 Å². The third kappa shape index (κ3) is 3.94. The lowest BCUT2D eigenvalue weighted by atomic mass is 10.3. The molecule has 0 aliphatic carbocycles. The van der Waals surface area contributed by atoms with Crippen LogP contribution in [0.5, 0.6) is 5.75 Å². The Kier molecular flexibility index (Phi) is 4.92. The van der Waals surface area contributed by atoms with E-state index in [-0.39, 0.29) is 18.5 Å². The van der Waals surface area contributed by atoms with Crippen LogP contribution in [0.4, 0.5) is 4.39 Å². The summed E-state index contributed by atoms with van der Waals surface area (Å²) in [5, 5.41) is 8.89. The Morgan fingerprint density at radius 1 is 1.50 bits per heavy atom. The quantitative estimate of drug-likeness (QED) is 0.848. The van der Waals surface area contributed by atoms with Crippen LogP contribution in [0.2, 0.25) is 0 Å². The van der Waals surface area contributed by atoms with E-state index in [0.717, 1.165) is 13.1 Å². The highest BCUT2D eigenvalue weighted by Crippen LogP contribution is 2.13. The molecule has 18 heavy (non-hydrogen) atoms. The highest BCUT2D eigenvalue weighted by atomic mass is 19.1. The Morgan fingerprint density at radius 2 is 2.39 bits per heavy atom. The van der Waals surface area contributed by atoms with Gasteiger partial charge in [-0.2, -0.15) is 0 Å². The molecular weight excluding hydrogens is 237 g/mol.